The van der Waals surface area contributed by atoms with Gasteiger partial charge in [0.1, 0.15) is 6.10 Å². The molecule has 0 aromatic heterocycles. The number of carbonyl (C=O) groups is 2. The minimum Gasteiger partial charge on any atom is -0.479 e. The van der Waals surface area contributed by atoms with Crippen LogP contribution in [0.5, 0.6) is 0 Å². The number of carboxylic acid groups (broad SMARTS) is 1. The number of hydrogen-bond acceptors (Lipinski definition) is 5. The number of aliphatic hydroxyl groups is 2. The first-order valence-electron chi connectivity index (χ1n) is 7.16. The number of unbranched alkanes of at least 4 members (excludes halogenated alkanes) is 1. The highest BCUT2D eigenvalue weighted by Crippen LogP contribution is 2.36. The van der Waals surface area contributed by atoms with E-state index < -0.39 is 32.3 Å². The third kappa shape index (κ3) is 6.69. The maximum absolute atomic E-state index is 11.5. The van der Waals surface area contributed by atoms with Crippen LogP contribution in [0, 0.1) is 0 Å². The zero-order valence-electron chi connectivity index (χ0n) is 13.5. The van der Waals surface area contributed by atoms with Crippen LogP contribution in [0.1, 0.15) is 40.0 Å². The Labute approximate surface area is 127 Å². The zero-order valence-corrected chi connectivity index (χ0v) is 14.5. The van der Waals surface area contributed by atoms with E-state index in [1.807, 2.05) is 0 Å². The van der Waals surface area contributed by atoms with Gasteiger partial charge < -0.3 is 19.7 Å². The van der Waals surface area contributed by atoms with Crippen molar-refractivity contribution in [1.82, 2.24) is 0 Å². The van der Waals surface area contributed by atoms with E-state index in [1.54, 1.807) is 0 Å². The molecule has 0 saturated carbocycles. The first-order chi connectivity index (χ1) is 9.40. The summed E-state index contributed by atoms with van der Waals surface area (Å²) in [5, 5.41) is 27.0. The maximum atomic E-state index is 11.5. The van der Waals surface area contributed by atoms with Crippen molar-refractivity contribution in [2.75, 3.05) is 6.61 Å². The van der Waals surface area contributed by atoms with Gasteiger partial charge in [0.2, 0.25) is 0 Å². The Morgan fingerprint density at radius 2 is 1.62 bits per heavy atom. The number of Topliss-reactive ketones (excluding diaryl/α,β-unsaturated/α-hetero) is 1. The number of carbonyl (C=O) groups excluding carboxylic acids is 1. The normalized spacial score (nSPS) is 15.6. The molecule has 6 nitrogen and oxygen atoms in total. The Hall–Kier alpha value is -0.763. The van der Waals surface area contributed by atoms with Gasteiger partial charge in [-0.25, -0.2) is 4.79 Å². The molecule has 7 heteroatoms. The molecule has 0 heterocycles. The molecule has 0 aliphatic rings. The van der Waals surface area contributed by atoms with Crippen LogP contribution >= 0.6 is 0 Å². The predicted octanol–water partition coefficient (Wildman–Crippen LogP) is 1.55. The summed E-state index contributed by atoms with van der Waals surface area (Å²) in [5.74, 6) is -2.26. The number of hydrogen-bond donors (Lipinski definition) is 3. The number of rotatable bonds is 9. The zero-order chi connectivity index (χ0) is 16.8. The maximum Gasteiger partial charge on any atom is 0.335 e. The van der Waals surface area contributed by atoms with Gasteiger partial charge in [0.05, 0.1) is 0 Å². The molecule has 0 radical (unpaired) electrons. The first-order valence-corrected chi connectivity index (χ1v) is 10.1. The van der Waals surface area contributed by atoms with E-state index in [1.165, 1.54) is 0 Å². The van der Waals surface area contributed by atoms with Crippen molar-refractivity contribution in [3.63, 3.8) is 0 Å². The third-order valence-electron chi connectivity index (χ3n) is 3.97. The van der Waals surface area contributed by atoms with Crippen LogP contribution in [-0.2, 0) is 14.0 Å². The SMILES string of the molecule is CC(C)(C)[Si](C)(C)OCCCCC(=O)[C@H](O)[C@@H](O)C(=O)O. The van der Waals surface area contributed by atoms with Gasteiger partial charge in [0.15, 0.2) is 20.2 Å². The van der Waals surface area contributed by atoms with Gasteiger partial charge in [-0.3, -0.25) is 4.79 Å². The van der Waals surface area contributed by atoms with Crippen molar-refractivity contribution < 1.29 is 29.3 Å². The van der Waals surface area contributed by atoms with Crippen molar-refractivity contribution in [2.45, 2.75) is 70.4 Å². The van der Waals surface area contributed by atoms with Crippen molar-refractivity contribution >= 4 is 20.1 Å². The van der Waals surface area contributed by atoms with Crippen LogP contribution in [0.15, 0.2) is 0 Å². The van der Waals surface area contributed by atoms with Gasteiger partial charge in [-0.2, -0.15) is 0 Å². The van der Waals surface area contributed by atoms with Crippen LogP contribution in [-0.4, -0.2) is 54.2 Å². The number of aliphatic hydroxyl groups excluding tert-OH is 2. The largest absolute Gasteiger partial charge is 0.479 e. The molecule has 21 heavy (non-hydrogen) atoms. The van der Waals surface area contributed by atoms with E-state index in [2.05, 4.69) is 33.9 Å². The highest BCUT2D eigenvalue weighted by molar-refractivity contribution is 6.74. The molecule has 0 fully saturated rings. The van der Waals surface area contributed by atoms with Crippen LogP contribution in [0.3, 0.4) is 0 Å². The minimum absolute atomic E-state index is 0.0341. The molecule has 0 amide bonds. The standard InChI is InChI=1S/C14H28O6Si/c1-14(2,3)21(4,5)20-9-7-6-8-10(15)11(16)12(17)13(18)19/h11-12,16-17H,6-9H2,1-5H3,(H,18,19)/t11-,12+/m0/s1. The molecular weight excluding hydrogens is 292 g/mol. The second-order valence-corrected chi connectivity index (χ2v) is 11.6. The molecule has 0 aliphatic carbocycles. The number of carboxylic acids is 1. The van der Waals surface area contributed by atoms with E-state index in [4.69, 9.17) is 14.6 Å². The van der Waals surface area contributed by atoms with Crippen LogP contribution in [0.25, 0.3) is 0 Å². The average molecular weight is 320 g/mol. The Bertz CT molecular complexity index is 361. The van der Waals surface area contributed by atoms with E-state index in [-0.39, 0.29) is 11.5 Å². The second kappa shape index (κ2) is 8.02. The molecule has 0 unspecified atom stereocenters. The molecule has 0 aromatic rings. The third-order valence-corrected chi connectivity index (χ3v) is 8.51. The number of aliphatic carboxylic acids is 1. The summed E-state index contributed by atoms with van der Waals surface area (Å²) in [7, 11) is -1.79. The molecular formula is C14H28O6Si. The lowest BCUT2D eigenvalue weighted by molar-refractivity contribution is -0.157. The molecule has 0 spiro atoms. The minimum atomic E-state index is -2.05. The van der Waals surface area contributed by atoms with Gasteiger partial charge in [-0.1, -0.05) is 20.8 Å². The van der Waals surface area contributed by atoms with E-state index in [0.717, 1.165) is 0 Å². The highest BCUT2D eigenvalue weighted by atomic mass is 28.4. The fourth-order valence-electron chi connectivity index (χ4n) is 1.40. The van der Waals surface area contributed by atoms with Crippen molar-refractivity contribution in [3.05, 3.63) is 0 Å². The molecule has 0 rings (SSSR count). The molecule has 124 valence electrons. The molecule has 2 atom stereocenters. The van der Waals surface area contributed by atoms with E-state index >= 15 is 0 Å². The summed E-state index contributed by atoms with van der Waals surface area (Å²) in [4.78, 5) is 22.0. The number of ketones is 1. The van der Waals surface area contributed by atoms with Crippen molar-refractivity contribution in [1.29, 1.82) is 0 Å². The van der Waals surface area contributed by atoms with Gasteiger partial charge in [0.25, 0.3) is 0 Å². The van der Waals surface area contributed by atoms with E-state index in [9.17, 15) is 14.7 Å². The van der Waals surface area contributed by atoms with Crippen LogP contribution in [0.4, 0.5) is 0 Å². The first kappa shape index (κ1) is 20.2. The fourth-order valence-corrected chi connectivity index (χ4v) is 2.49. The monoisotopic (exact) mass is 320 g/mol. The molecule has 3 N–H and O–H groups in total. The Balaban J connectivity index is 4.02. The van der Waals surface area contributed by atoms with Gasteiger partial charge >= 0.3 is 5.97 Å². The van der Waals surface area contributed by atoms with Crippen LogP contribution < -0.4 is 0 Å². The Morgan fingerprint density at radius 1 is 1.10 bits per heavy atom. The molecule has 0 bridgehead atoms. The summed E-state index contributed by atoms with van der Waals surface area (Å²) < 4.78 is 5.94. The smallest absolute Gasteiger partial charge is 0.335 e. The average Bonchev–Trinajstić information content (AvgIpc) is 2.34. The lowest BCUT2D eigenvalue weighted by Crippen LogP contribution is -2.41. The molecule has 0 aromatic carbocycles. The Morgan fingerprint density at radius 3 is 2.05 bits per heavy atom. The predicted molar refractivity (Wildman–Crippen MR) is 81.7 cm³/mol. The molecule has 0 aliphatic heterocycles. The fraction of sp³-hybridized carbons (Fsp3) is 0.857. The van der Waals surface area contributed by atoms with Crippen molar-refractivity contribution in [3.8, 4) is 0 Å². The van der Waals surface area contributed by atoms with E-state index in [0.29, 0.717) is 19.4 Å². The summed E-state index contributed by atoms with van der Waals surface area (Å²) in [6, 6.07) is 0. The quantitative estimate of drug-likeness (QED) is 0.440. The van der Waals surface area contributed by atoms with Gasteiger partial charge in [-0.05, 0) is 31.0 Å². The lowest BCUT2D eigenvalue weighted by Gasteiger charge is -2.36. The molecule has 0 saturated heterocycles. The second-order valence-electron chi connectivity index (χ2n) is 6.76. The topological polar surface area (TPSA) is 104 Å². The van der Waals surface area contributed by atoms with Crippen molar-refractivity contribution in [2.24, 2.45) is 0 Å². The Kier molecular flexibility index (Phi) is 7.73. The van der Waals surface area contributed by atoms with Gasteiger partial charge in [0, 0.05) is 13.0 Å². The highest BCUT2D eigenvalue weighted by Gasteiger charge is 2.36. The summed E-state index contributed by atoms with van der Waals surface area (Å²) in [5.41, 5.74) is 0. The van der Waals surface area contributed by atoms with Gasteiger partial charge in [-0.15, -0.1) is 0 Å². The lowest BCUT2D eigenvalue weighted by atomic mass is 10.0. The summed E-state index contributed by atoms with van der Waals surface area (Å²) in [6.07, 6.45) is -2.72. The summed E-state index contributed by atoms with van der Waals surface area (Å²) in [6.45, 7) is 11.3. The van der Waals surface area contributed by atoms with Crippen LogP contribution in [0.2, 0.25) is 18.1 Å². The summed E-state index contributed by atoms with van der Waals surface area (Å²) >= 11 is 0.